The number of hydrogen-bond donors (Lipinski definition) is 1. The number of aryl methyl sites for hydroxylation is 1. The Morgan fingerprint density at radius 3 is 2.94 bits per heavy atom. The lowest BCUT2D eigenvalue weighted by Gasteiger charge is -2.04. The van der Waals surface area contributed by atoms with Gasteiger partial charge in [0.1, 0.15) is 0 Å². The highest BCUT2D eigenvalue weighted by Gasteiger charge is 2.06. The van der Waals surface area contributed by atoms with E-state index in [0.717, 1.165) is 24.1 Å². The predicted molar refractivity (Wildman–Crippen MR) is 68.0 cm³/mol. The number of fused-ring (bicyclic) bond motifs is 1. The molecule has 0 unspecified atom stereocenters. The minimum absolute atomic E-state index is 0.590. The van der Waals surface area contributed by atoms with Gasteiger partial charge in [0.05, 0.1) is 12.6 Å². The summed E-state index contributed by atoms with van der Waals surface area (Å²) >= 11 is 5.27. The van der Waals surface area contributed by atoms with E-state index in [1.54, 1.807) is 14.2 Å². The number of nitrogens with one attached hydrogen (secondary N) is 1. The maximum atomic E-state index is 5.27. The number of pyridine rings is 1. The second-order valence-electron chi connectivity index (χ2n) is 3.65. The summed E-state index contributed by atoms with van der Waals surface area (Å²) in [6.45, 7) is 1.49. The van der Waals surface area contributed by atoms with Crippen LogP contribution in [-0.2, 0) is 11.3 Å². The molecule has 0 bridgehead atoms. The number of imidazole rings is 1. The third kappa shape index (κ3) is 2.48. The fourth-order valence-electron chi connectivity index (χ4n) is 1.70. The van der Waals surface area contributed by atoms with Gasteiger partial charge < -0.3 is 19.0 Å². The van der Waals surface area contributed by atoms with Gasteiger partial charge in [-0.25, -0.2) is 0 Å². The average molecular weight is 253 g/mol. The van der Waals surface area contributed by atoms with E-state index in [4.69, 9.17) is 21.7 Å². The molecule has 92 valence electrons. The van der Waals surface area contributed by atoms with Crippen LogP contribution in [0, 0.1) is 4.77 Å². The Kier molecular flexibility index (Phi) is 3.75. The Balaban J connectivity index is 2.38. The molecule has 0 fully saturated rings. The van der Waals surface area contributed by atoms with Crippen LogP contribution < -0.4 is 4.74 Å². The van der Waals surface area contributed by atoms with Crippen LogP contribution >= 0.6 is 12.2 Å². The number of hydrogen-bond acceptors (Lipinski definition) is 4. The minimum atomic E-state index is 0.590. The maximum absolute atomic E-state index is 5.27. The van der Waals surface area contributed by atoms with Crippen LogP contribution in [0.1, 0.15) is 6.42 Å². The second-order valence-corrected chi connectivity index (χ2v) is 4.04. The highest BCUT2D eigenvalue weighted by Crippen LogP contribution is 2.16. The van der Waals surface area contributed by atoms with Gasteiger partial charge in [0.25, 0.3) is 0 Å². The molecule has 0 saturated carbocycles. The van der Waals surface area contributed by atoms with Crippen molar-refractivity contribution in [3.05, 3.63) is 16.9 Å². The molecule has 0 amide bonds. The van der Waals surface area contributed by atoms with Crippen LogP contribution in [0.3, 0.4) is 0 Å². The Morgan fingerprint density at radius 1 is 1.41 bits per heavy atom. The summed E-state index contributed by atoms with van der Waals surface area (Å²) in [5.41, 5.74) is 1.75. The second kappa shape index (κ2) is 5.29. The molecule has 0 spiro atoms. The third-order valence-electron chi connectivity index (χ3n) is 2.53. The molecule has 5 nitrogen and oxygen atoms in total. The van der Waals surface area contributed by atoms with Crippen molar-refractivity contribution in [2.45, 2.75) is 13.0 Å². The van der Waals surface area contributed by atoms with Crippen LogP contribution in [-0.4, -0.2) is 35.4 Å². The largest absolute Gasteiger partial charge is 0.481 e. The molecule has 2 heterocycles. The van der Waals surface area contributed by atoms with Gasteiger partial charge in [-0.2, -0.15) is 4.98 Å². The molecule has 2 aromatic heterocycles. The van der Waals surface area contributed by atoms with Crippen molar-refractivity contribution in [2.75, 3.05) is 20.8 Å². The van der Waals surface area contributed by atoms with Crippen LogP contribution in [0.4, 0.5) is 0 Å². The van der Waals surface area contributed by atoms with Gasteiger partial charge in [-0.15, -0.1) is 0 Å². The monoisotopic (exact) mass is 253 g/mol. The van der Waals surface area contributed by atoms with E-state index in [2.05, 4.69) is 9.97 Å². The van der Waals surface area contributed by atoms with Gasteiger partial charge in [0, 0.05) is 26.3 Å². The van der Waals surface area contributed by atoms with Gasteiger partial charge in [0.2, 0.25) is 5.88 Å². The molecule has 6 heteroatoms. The zero-order chi connectivity index (χ0) is 12.3. The molecule has 2 rings (SSSR count). The Bertz CT molecular complexity index is 561. The summed E-state index contributed by atoms with van der Waals surface area (Å²) in [4.78, 5) is 7.52. The molecule has 0 aliphatic heterocycles. The third-order valence-corrected chi connectivity index (χ3v) is 2.85. The van der Waals surface area contributed by atoms with Crippen LogP contribution in [0.2, 0.25) is 0 Å². The van der Waals surface area contributed by atoms with E-state index >= 15 is 0 Å². The normalized spacial score (nSPS) is 10.9. The van der Waals surface area contributed by atoms with Crippen molar-refractivity contribution >= 4 is 23.4 Å². The number of ether oxygens (including phenoxy) is 2. The van der Waals surface area contributed by atoms with E-state index in [1.807, 2.05) is 16.7 Å². The molecule has 0 radical (unpaired) electrons. The number of nitrogens with zero attached hydrogens (tertiary/aromatic N) is 2. The van der Waals surface area contributed by atoms with Crippen molar-refractivity contribution in [2.24, 2.45) is 0 Å². The first-order chi connectivity index (χ1) is 8.26. The fourth-order valence-corrected chi connectivity index (χ4v) is 1.99. The van der Waals surface area contributed by atoms with Gasteiger partial charge in [0.15, 0.2) is 10.4 Å². The first kappa shape index (κ1) is 12.1. The highest BCUT2D eigenvalue weighted by atomic mass is 32.1. The van der Waals surface area contributed by atoms with Gasteiger partial charge in [-0.3, -0.25) is 0 Å². The van der Waals surface area contributed by atoms with Crippen molar-refractivity contribution in [3.63, 3.8) is 0 Å². The molecule has 0 aromatic carbocycles. The number of H-pyrrole nitrogens is 1. The summed E-state index contributed by atoms with van der Waals surface area (Å²) in [5.74, 6) is 0.590. The van der Waals surface area contributed by atoms with Crippen molar-refractivity contribution in [1.82, 2.24) is 14.5 Å². The molecule has 0 saturated heterocycles. The first-order valence-electron chi connectivity index (χ1n) is 5.38. The summed E-state index contributed by atoms with van der Waals surface area (Å²) in [7, 11) is 3.29. The number of rotatable bonds is 5. The molecule has 0 aliphatic carbocycles. The number of aromatic amines is 1. The average Bonchev–Trinajstić information content (AvgIpc) is 2.65. The topological polar surface area (TPSA) is 52.1 Å². The lowest BCUT2D eigenvalue weighted by molar-refractivity contribution is 0.190. The summed E-state index contributed by atoms with van der Waals surface area (Å²) in [5, 5.41) is 0. The summed E-state index contributed by atoms with van der Waals surface area (Å²) in [6, 6.07) is 3.73. The smallest absolute Gasteiger partial charge is 0.215 e. The van der Waals surface area contributed by atoms with Crippen LogP contribution in [0.25, 0.3) is 11.2 Å². The summed E-state index contributed by atoms with van der Waals surface area (Å²) in [6.07, 6.45) is 0.899. The zero-order valence-corrected chi connectivity index (χ0v) is 10.7. The van der Waals surface area contributed by atoms with E-state index in [1.165, 1.54) is 0 Å². The first-order valence-corrected chi connectivity index (χ1v) is 5.79. The summed E-state index contributed by atoms with van der Waals surface area (Å²) < 4.78 is 12.8. The van der Waals surface area contributed by atoms with E-state index < -0.39 is 0 Å². The molecule has 1 N–H and O–H groups in total. The zero-order valence-electron chi connectivity index (χ0n) is 9.90. The molecule has 0 aliphatic rings. The molecular formula is C11H15N3O2S. The number of methoxy groups -OCH3 is 2. The van der Waals surface area contributed by atoms with Crippen LogP contribution in [0.5, 0.6) is 5.88 Å². The SMILES string of the molecule is COCCCn1c(=S)[nH]c2ccc(OC)nc21. The van der Waals surface area contributed by atoms with E-state index in [0.29, 0.717) is 17.3 Å². The molecular weight excluding hydrogens is 238 g/mol. The van der Waals surface area contributed by atoms with Gasteiger partial charge in [-0.1, -0.05) is 0 Å². The van der Waals surface area contributed by atoms with E-state index in [9.17, 15) is 0 Å². The molecule has 17 heavy (non-hydrogen) atoms. The highest BCUT2D eigenvalue weighted by molar-refractivity contribution is 7.71. The molecule has 2 aromatic rings. The van der Waals surface area contributed by atoms with Gasteiger partial charge in [-0.05, 0) is 24.7 Å². The van der Waals surface area contributed by atoms with Crippen LogP contribution in [0.15, 0.2) is 12.1 Å². The fraction of sp³-hybridized carbons (Fsp3) is 0.455. The molecule has 0 atom stereocenters. The standard InChI is InChI=1S/C11H15N3O2S/c1-15-7-3-6-14-10-8(12-11(14)17)4-5-9(13-10)16-2/h4-5H,3,6-7H2,1-2H3,(H,12,17). The lowest BCUT2D eigenvalue weighted by atomic mass is 10.4. The maximum Gasteiger partial charge on any atom is 0.215 e. The van der Waals surface area contributed by atoms with Crippen molar-refractivity contribution < 1.29 is 9.47 Å². The predicted octanol–water partition coefficient (Wildman–Crippen LogP) is 2.14. The van der Waals surface area contributed by atoms with Gasteiger partial charge >= 0.3 is 0 Å². The minimum Gasteiger partial charge on any atom is -0.481 e. The van der Waals surface area contributed by atoms with E-state index in [-0.39, 0.29) is 0 Å². The quantitative estimate of drug-likeness (QED) is 0.655. The van der Waals surface area contributed by atoms with Crippen molar-refractivity contribution in [1.29, 1.82) is 0 Å². The van der Waals surface area contributed by atoms with Crippen molar-refractivity contribution in [3.8, 4) is 5.88 Å². The Morgan fingerprint density at radius 2 is 2.24 bits per heavy atom. The number of aromatic nitrogens is 3. The Hall–Kier alpha value is -1.40. The lowest BCUT2D eigenvalue weighted by Crippen LogP contribution is -2.02. The Labute approximate surface area is 104 Å².